The maximum atomic E-state index is 13.0. The summed E-state index contributed by atoms with van der Waals surface area (Å²) in [5, 5.41) is 6.07. The van der Waals surface area contributed by atoms with Crippen LogP contribution in [0.2, 0.25) is 0 Å². The predicted molar refractivity (Wildman–Crippen MR) is 117 cm³/mol. The van der Waals surface area contributed by atoms with E-state index in [2.05, 4.69) is 17.6 Å². The van der Waals surface area contributed by atoms with Crippen molar-refractivity contribution in [3.05, 3.63) is 34.9 Å². The third kappa shape index (κ3) is 6.91. The van der Waals surface area contributed by atoms with Gasteiger partial charge in [0.25, 0.3) is 5.91 Å². The molecule has 5 nitrogen and oxygen atoms in total. The number of carbonyl (C=O) groups is 2. The molecule has 1 aliphatic carbocycles. The number of nitrogens with zero attached hydrogens (tertiary/aromatic N) is 1. The lowest BCUT2D eigenvalue weighted by Gasteiger charge is -2.30. The Balaban J connectivity index is 1.42. The Hall–Kier alpha value is -2.16. The number of rotatable bonds is 8. The summed E-state index contributed by atoms with van der Waals surface area (Å²) in [5.74, 6) is -0.252. The van der Waals surface area contributed by atoms with Crippen LogP contribution in [0, 0.1) is 5.92 Å². The molecule has 1 atom stereocenters. The van der Waals surface area contributed by atoms with Crippen molar-refractivity contribution < 1.29 is 27.2 Å². The molecule has 0 spiro atoms. The molecule has 0 aromatic heterocycles. The van der Waals surface area contributed by atoms with Gasteiger partial charge in [0.1, 0.15) is 6.67 Å². The number of halogens is 4. The lowest BCUT2D eigenvalue weighted by Crippen LogP contribution is -2.45. The van der Waals surface area contributed by atoms with Gasteiger partial charge < -0.3 is 15.5 Å². The number of carbonyl (C=O) groups excluding carboxylic acids is 2. The zero-order valence-corrected chi connectivity index (χ0v) is 19.0. The van der Waals surface area contributed by atoms with E-state index in [1.807, 2.05) is 4.90 Å². The fraction of sp³-hybridized carbons (Fsp3) is 0.667. The number of alkyl halides is 4. The number of hydrogen-bond donors (Lipinski definition) is 2. The summed E-state index contributed by atoms with van der Waals surface area (Å²) >= 11 is 0. The molecular weight excluding hydrogens is 438 g/mol. The smallest absolute Gasteiger partial charge is 0.352 e. The highest BCUT2D eigenvalue weighted by molar-refractivity contribution is 5.94. The van der Waals surface area contributed by atoms with Gasteiger partial charge in [0.05, 0.1) is 12.1 Å². The second kappa shape index (κ2) is 11.3. The van der Waals surface area contributed by atoms with Crippen molar-refractivity contribution in [2.45, 2.75) is 76.8 Å². The molecule has 33 heavy (non-hydrogen) atoms. The lowest BCUT2D eigenvalue weighted by atomic mass is 9.86. The zero-order chi connectivity index (χ0) is 24.0. The van der Waals surface area contributed by atoms with Crippen LogP contribution in [0.1, 0.15) is 73.4 Å². The summed E-state index contributed by atoms with van der Waals surface area (Å²) in [5.41, 5.74) is -1.38. The van der Waals surface area contributed by atoms with E-state index >= 15 is 0 Å². The maximum Gasteiger partial charge on any atom is 0.416 e. The molecule has 1 aromatic carbocycles. The van der Waals surface area contributed by atoms with E-state index in [0.29, 0.717) is 19.1 Å². The summed E-state index contributed by atoms with van der Waals surface area (Å²) in [6.45, 7) is 2.58. The Labute approximate surface area is 192 Å². The highest BCUT2D eigenvalue weighted by Crippen LogP contribution is 2.31. The Bertz CT molecular complexity index is 822. The van der Waals surface area contributed by atoms with Crippen LogP contribution in [0.3, 0.4) is 0 Å². The molecular formula is C24H33F4N3O2. The monoisotopic (exact) mass is 471 g/mol. The zero-order valence-electron chi connectivity index (χ0n) is 19.0. The van der Waals surface area contributed by atoms with E-state index in [1.165, 1.54) is 0 Å². The lowest BCUT2D eigenvalue weighted by molar-refractivity contribution is -0.137. The third-order valence-corrected chi connectivity index (χ3v) is 6.85. The van der Waals surface area contributed by atoms with Crippen molar-refractivity contribution in [2.75, 3.05) is 19.6 Å². The van der Waals surface area contributed by atoms with Crippen molar-refractivity contribution >= 4 is 11.8 Å². The first-order valence-electron chi connectivity index (χ1n) is 11.8. The molecule has 1 saturated heterocycles. The Kier molecular flexibility index (Phi) is 8.73. The minimum absolute atomic E-state index is 0.155. The van der Waals surface area contributed by atoms with Crippen LogP contribution in [0.15, 0.2) is 18.2 Å². The van der Waals surface area contributed by atoms with Crippen LogP contribution >= 0.6 is 0 Å². The van der Waals surface area contributed by atoms with Gasteiger partial charge in [-0.3, -0.25) is 9.59 Å². The maximum absolute atomic E-state index is 13.0. The molecule has 1 unspecified atom stereocenters. The Morgan fingerprint density at radius 3 is 2.45 bits per heavy atom. The predicted octanol–water partition coefficient (Wildman–Crippen LogP) is 4.45. The van der Waals surface area contributed by atoms with E-state index in [1.54, 1.807) is 0 Å². The number of likely N-dealkylation sites (tertiary alicyclic amines) is 1. The van der Waals surface area contributed by atoms with Gasteiger partial charge in [-0.05, 0) is 74.6 Å². The van der Waals surface area contributed by atoms with E-state index in [4.69, 9.17) is 0 Å². The van der Waals surface area contributed by atoms with Crippen LogP contribution in [0.5, 0.6) is 0 Å². The van der Waals surface area contributed by atoms with Crippen LogP contribution in [-0.4, -0.2) is 48.4 Å². The van der Waals surface area contributed by atoms with Gasteiger partial charge >= 0.3 is 6.18 Å². The third-order valence-electron chi connectivity index (χ3n) is 6.85. The van der Waals surface area contributed by atoms with Crippen LogP contribution in [-0.2, 0) is 17.6 Å². The van der Waals surface area contributed by atoms with Crippen LogP contribution in [0.25, 0.3) is 0 Å². The number of hydrogen-bond acceptors (Lipinski definition) is 3. The normalized spacial score (nSPS) is 23.5. The minimum Gasteiger partial charge on any atom is -0.352 e. The topological polar surface area (TPSA) is 61.4 Å². The molecule has 1 saturated carbocycles. The number of amides is 2. The summed E-state index contributed by atoms with van der Waals surface area (Å²) in [6, 6.07) is 3.25. The molecule has 1 heterocycles. The molecule has 3 rings (SSSR count). The molecule has 9 heteroatoms. The van der Waals surface area contributed by atoms with Crippen LogP contribution < -0.4 is 10.6 Å². The quantitative estimate of drug-likeness (QED) is 0.551. The fourth-order valence-corrected chi connectivity index (χ4v) is 4.90. The molecule has 1 aliphatic heterocycles. The van der Waals surface area contributed by atoms with Gasteiger partial charge in [0.2, 0.25) is 5.91 Å². The Morgan fingerprint density at radius 1 is 1.09 bits per heavy atom. The molecule has 2 fully saturated rings. The van der Waals surface area contributed by atoms with E-state index < -0.39 is 24.3 Å². The summed E-state index contributed by atoms with van der Waals surface area (Å²) in [4.78, 5) is 26.9. The molecule has 2 aliphatic rings. The first-order valence-corrected chi connectivity index (χ1v) is 11.8. The van der Waals surface area contributed by atoms with Gasteiger partial charge in [-0.15, -0.1) is 0 Å². The molecule has 2 amide bonds. The van der Waals surface area contributed by atoms with Crippen molar-refractivity contribution in [2.24, 2.45) is 5.92 Å². The summed E-state index contributed by atoms with van der Waals surface area (Å²) in [7, 11) is 0. The molecule has 0 bridgehead atoms. The SMILES string of the molecule is CCC1CCCN1C(=O)CN[C@H]1CC[C@@H](CNC(=O)c2cc(CF)cc(C(F)(F)F)c2)CC1. The van der Waals surface area contributed by atoms with Gasteiger partial charge in [-0.1, -0.05) is 6.92 Å². The summed E-state index contributed by atoms with van der Waals surface area (Å²) in [6.07, 6.45) is 1.95. The van der Waals surface area contributed by atoms with Crippen molar-refractivity contribution in [3.8, 4) is 0 Å². The largest absolute Gasteiger partial charge is 0.416 e. The van der Waals surface area contributed by atoms with Crippen molar-refractivity contribution in [3.63, 3.8) is 0 Å². The number of benzene rings is 1. The van der Waals surface area contributed by atoms with E-state index in [9.17, 15) is 27.2 Å². The van der Waals surface area contributed by atoms with Crippen molar-refractivity contribution in [1.29, 1.82) is 0 Å². The van der Waals surface area contributed by atoms with E-state index in [-0.39, 0.29) is 29.0 Å². The Morgan fingerprint density at radius 2 is 1.82 bits per heavy atom. The minimum atomic E-state index is -4.64. The first kappa shape index (κ1) is 25.5. The number of nitrogens with one attached hydrogen (secondary N) is 2. The summed E-state index contributed by atoms with van der Waals surface area (Å²) < 4.78 is 52.0. The second-order valence-corrected chi connectivity index (χ2v) is 9.15. The van der Waals surface area contributed by atoms with E-state index in [0.717, 1.165) is 69.7 Å². The molecule has 0 radical (unpaired) electrons. The highest BCUT2D eigenvalue weighted by atomic mass is 19.4. The average Bonchev–Trinajstić information content (AvgIpc) is 3.30. The van der Waals surface area contributed by atoms with Gasteiger partial charge in [-0.25, -0.2) is 4.39 Å². The van der Waals surface area contributed by atoms with Gasteiger partial charge in [0, 0.05) is 30.7 Å². The fourth-order valence-electron chi connectivity index (χ4n) is 4.90. The van der Waals surface area contributed by atoms with Crippen LogP contribution in [0.4, 0.5) is 17.6 Å². The first-order chi connectivity index (χ1) is 15.7. The van der Waals surface area contributed by atoms with Gasteiger partial charge in [-0.2, -0.15) is 13.2 Å². The molecule has 184 valence electrons. The second-order valence-electron chi connectivity index (χ2n) is 9.15. The average molecular weight is 472 g/mol. The standard InChI is InChI=1S/C24H33F4N3O2/c1-2-21-4-3-9-31(21)22(32)15-29-20-7-5-16(6-8-20)14-30-23(33)18-10-17(13-25)11-19(12-18)24(26,27)28/h10-12,16,20-21,29H,2-9,13-15H2,1H3,(H,30,33)/t16-,20+,21?. The molecule has 1 aromatic rings. The van der Waals surface area contributed by atoms with Gasteiger partial charge in [0.15, 0.2) is 0 Å². The highest BCUT2D eigenvalue weighted by Gasteiger charge is 2.32. The van der Waals surface area contributed by atoms with Crippen molar-refractivity contribution in [1.82, 2.24) is 15.5 Å². The molecule has 2 N–H and O–H groups in total.